The molecule has 0 radical (unpaired) electrons. The van der Waals surface area contributed by atoms with Gasteiger partial charge in [-0.05, 0) is 68.1 Å². The van der Waals surface area contributed by atoms with Crippen LogP contribution in [0.4, 0.5) is 17.1 Å². The molecular formula is C27H33N3O4. The van der Waals surface area contributed by atoms with Crippen molar-refractivity contribution in [2.45, 2.75) is 64.2 Å². The molecule has 2 aliphatic rings. The first-order valence-corrected chi connectivity index (χ1v) is 12.3. The summed E-state index contributed by atoms with van der Waals surface area (Å²) in [5.74, 6) is -0.390. The largest absolute Gasteiger partial charge is 0.508 e. The average molecular weight is 464 g/mol. The van der Waals surface area contributed by atoms with Crippen molar-refractivity contribution in [3.63, 3.8) is 0 Å². The Morgan fingerprint density at radius 3 is 1.56 bits per heavy atom. The Hall–Kier alpha value is -3.35. The molecule has 0 aliphatic heterocycles. The quantitative estimate of drug-likeness (QED) is 0.413. The number of hydrogen-bond donors (Lipinski definition) is 4. The van der Waals surface area contributed by atoms with E-state index < -0.39 is 0 Å². The Kier molecular flexibility index (Phi) is 7.83. The number of carbonyl (C=O) groups excluding carboxylic acids is 3. The SMILES string of the molecule is O=C(Nc1ccc(O)cc1)c1cc(NC(=O)C2CCCCC2)cc(NC(=O)C2CCCCC2)c1. The van der Waals surface area contributed by atoms with Crippen molar-refractivity contribution in [1.29, 1.82) is 0 Å². The number of benzene rings is 2. The lowest BCUT2D eigenvalue weighted by Gasteiger charge is -2.22. The first-order valence-electron chi connectivity index (χ1n) is 12.3. The summed E-state index contributed by atoms with van der Waals surface area (Å²) in [4.78, 5) is 38.6. The molecule has 3 amide bonds. The van der Waals surface area contributed by atoms with Crippen LogP contribution in [0.5, 0.6) is 5.75 Å². The van der Waals surface area contributed by atoms with E-state index in [2.05, 4.69) is 16.0 Å². The van der Waals surface area contributed by atoms with Crippen LogP contribution in [-0.4, -0.2) is 22.8 Å². The molecule has 0 spiro atoms. The molecule has 2 fully saturated rings. The number of nitrogens with one attached hydrogen (secondary N) is 3. The predicted octanol–water partition coefficient (Wildman–Crippen LogP) is 5.68. The minimum Gasteiger partial charge on any atom is -0.508 e. The van der Waals surface area contributed by atoms with Crippen LogP contribution in [-0.2, 0) is 9.59 Å². The van der Waals surface area contributed by atoms with E-state index in [9.17, 15) is 19.5 Å². The van der Waals surface area contributed by atoms with Crippen molar-refractivity contribution in [1.82, 2.24) is 0 Å². The molecule has 0 saturated heterocycles. The lowest BCUT2D eigenvalue weighted by molar-refractivity contribution is -0.121. The number of hydrogen-bond acceptors (Lipinski definition) is 4. The number of phenolic OH excluding ortho intramolecular Hbond substituents is 1. The van der Waals surface area contributed by atoms with Crippen LogP contribution in [0.1, 0.15) is 74.6 Å². The predicted molar refractivity (Wildman–Crippen MR) is 133 cm³/mol. The fourth-order valence-corrected chi connectivity index (χ4v) is 4.87. The first-order chi connectivity index (χ1) is 16.5. The third-order valence-corrected chi connectivity index (χ3v) is 6.81. The third kappa shape index (κ3) is 6.37. The molecule has 2 saturated carbocycles. The molecule has 7 nitrogen and oxygen atoms in total. The van der Waals surface area contributed by atoms with Crippen LogP contribution in [0.25, 0.3) is 0 Å². The minimum atomic E-state index is -0.368. The fourth-order valence-electron chi connectivity index (χ4n) is 4.87. The molecule has 2 aliphatic carbocycles. The fraction of sp³-hybridized carbons (Fsp3) is 0.444. The van der Waals surface area contributed by atoms with Crippen LogP contribution in [0.2, 0.25) is 0 Å². The number of phenols is 1. The average Bonchev–Trinajstić information content (AvgIpc) is 2.86. The number of carbonyl (C=O) groups is 3. The summed E-state index contributed by atoms with van der Waals surface area (Å²) in [7, 11) is 0. The zero-order valence-corrected chi connectivity index (χ0v) is 19.4. The van der Waals surface area contributed by atoms with Crippen molar-refractivity contribution >= 4 is 34.8 Å². The van der Waals surface area contributed by atoms with Gasteiger partial charge in [0.05, 0.1) is 0 Å². The highest BCUT2D eigenvalue weighted by Gasteiger charge is 2.23. The molecule has 2 aromatic rings. The van der Waals surface area contributed by atoms with Gasteiger partial charge in [0.25, 0.3) is 5.91 Å². The Balaban J connectivity index is 1.54. The molecule has 4 N–H and O–H groups in total. The molecule has 34 heavy (non-hydrogen) atoms. The van der Waals surface area contributed by atoms with Gasteiger partial charge in [-0.2, -0.15) is 0 Å². The summed E-state index contributed by atoms with van der Waals surface area (Å²) in [6, 6.07) is 11.2. The summed E-state index contributed by atoms with van der Waals surface area (Å²) >= 11 is 0. The van der Waals surface area contributed by atoms with Gasteiger partial charge in [0.2, 0.25) is 11.8 Å². The van der Waals surface area contributed by atoms with Gasteiger partial charge in [0, 0.05) is 34.5 Å². The maximum absolute atomic E-state index is 13.0. The highest BCUT2D eigenvalue weighted by molar-refractivity contribution is 6.07. The van der Waals surface area contributed by atoms with Crippen molar-refractivity contribution in [2.24, 2.45) is 11.8 Å². The third-order valence-electron chi connectivity index (χ3n) is 6.81. The van der Waals surface area contributed by atoms with Crippen molar-refractivity contribution < 1.29 is 19.5 Å². The lowest BCUT2D eigenvalue weighted by atomic mass is 9.88. The van der Waals surface area contributed by atoms with Gasteiger partial charge in [-0.3, -0.25) is 14.4 Å². The van der Waals surface area contributed by atoms with Gasteiger partial charge in [-0.25, -0.2) is 0 Å². The maximum Gasteiger partial charge on any atom is 0.255 e. The lowest BCUT2D eigenvalue weighted by Crippen LogP contribution is -2.26. The van der Waals surface area contributed by atoms with E-state index in [1.807, 2.05) is 0 Å². The van der Waals surface area contributed by atoms with Crippen LogP contribution in [0.15, 0.2) is 42.5 Å². The summed E-state index contributed by atoms with van der Waals surface area (Å²) < 4.78 is 0. The van der Waals surface area contributed by atoms with Gasteiger partial charge >= 0.3 is 0 Å². The van der Waals surface area contributed by atoms with Gasteiger partial charge in [0.1, 0.15) is 5.75 Å². The number of anilines is 3. The van der Waals surface area contributed by atoms with E-state index in [0.29, 0.717) is 22.6 Å². The molecule has 0 unspecified atom stereocenters. The van der Waals surface area contributed by atoms with Gasteiger partial charge in [0.15, 0.2) is 0 Å². The highest BCUT2D eigenvalue weighted by Crippen LogP contribution is 2.28. The first kappa shape index (κ1) is 23.8. The molecule has 4 rings (SSSR count). The zero-order chi connectivity index (χ0) is 23.9. The van der Waals surface area contributed by atoms with E-state index in [1.54, 1.807) is 30.3 Å². The summed E-state index contributed by atoms with van der Waals surface area (Å²) in [6.45, 7) is 0. The van der Waals surface area contributed by atoms with Crippen LogP contribution >= 0.6 is 0 Å². The van der Waals surface area contributed by atoms with E-state index in [-0.39, 0.29) is 35.3 Å². The smallest absolute Gasteiger partial charge is 0.255 e. The Morgan fingerprint density at radius 1 is 0.618 bits per heavy atom. The Morgan fingerprint density at radius 2 is 1.09 bits per heavy atom. The molecule has 0 atom stereocenters. The van der Waals surface area contributed by atoms with E-state index in [4.69, 9.17) is 0 Å². The summed E-state index contributed by atoms with van der Waals surface area (Å²) in [5.41, 5.74) is 1.85. The molecule has 7 heteroatoms. The molecule has 0 bridgehead atoms. The second-order valence-electron chi connectivity index (χ2n) is 9.45. The number of amides is 3. The Bertz CT molecular complexity index is 972. The highest BCUT2D eigenvalue weighted by atomic mass is 16.3. The van der Waals surface area contributed by atoms with Crippen molar-refractivity contribution in [3.8, 4) is 5.75 Å². The molecular weight excluding hydrogens is 430 g/mol. The summed E-state index contributed by atoms with van der Waals surface area (Å²) in [5, 5.41) is 18.2. The molecule has 180 valence electrons. The van der Waals surface area contributed by atoms with Crippen LogP contribution in [0, 0.1) is 11.8 Å². The molecule has 0 aromatic heterocycles. The second-order valence-corrected chi connectivity index (χ2v) is 9.45. The normalized spacial score (nSPS) is 17.1. The number of rotatable bonds is 6. The monoisotopic (exact) mass is 463 g/mol. The van der Waals surface area contributed by atoms with Gasteiger partial charge < -0.3 is 21.1 Å². The van der Waals surface area contributed by atoms with Crippen molar-refractivity contribution in [2.75, 3.05) is 16.0 Å². The minimum absolute atomic E-state index is 0.0245. The van der Waals surface area contributed by atoms with E-state index in [1.165, 1.54) is 12.1 Å². The van der Waals surface area contributed by atoms with E-state index >= 15 is 0 Å². The van der Waals surface area contributed by atoms with Crippen LogP contribution < -0.4 is 16.0 Å². The van der Waals surface area contributed by atoms with Crippen LogP contribution in [0.3, 0.4) is 0 Å². The van der Waals surface area contributed by atoms with Gasteiger partial charge in [-0.1, -0.05) is 38.5 Å². The second kappa shape index (κ2) is 11.2. The van der Waals surface area contributed by atoms with Gasteiger partial charge in [-0.15, -0.1) is 0 Å². The maximum atomic E-state index is 13.0. The number of aromatic hydroxyl groups is 1. The van der Waals surface area contributed by atoms with E-state index in [0.717, 1.165) is 64.2 Å². The van der Waals surface area contributed by atoms with Crippen molar-refractivity contribution in [3.05, 3.63) is 48.0 Å². The molecule has 2 aromatic carbocycles. The summed E-state index contributed by atoms with van der Waals surface area (Å²) in [6.07, 6.45) is 10.0. The molecule has 0 heterocycles. The Labute approximate surface area is 200 Å². The zero-order valence-electron chi connectivity index (χ0n) is 19.4. The standard InChI is InChI=1S/C27H33N3O4/c31-24-13-11-21(12-14-24)28-27(34)20-15-22(29-25(32)18-7-3-1-4-8-18)17-23(16-20)30-26(33)19-9-5-2-6-10-19/h11-19,31H,1-10H2,(H,28,34)(H,29,32)(H,30,33). The topological polar surface area (TPSA) is 108 Å².